The normalized spacial score (nSPS) is 25.9. The molecular formula is C11H21N3. The summed E-state index contributed by atoms with van der Waals surface area (Å²) in [5.74, 6) is 7.25. The van der Waals surface area contributed by atoms with E-state index in [0.29, 0.717) is 12.0 Å². The van der Waals surface area contributed by atoms with Crippen LogP contribution >= 0.6 is 0 Å². The smallest absolute Gasteiger partial charge is 0.114 e. The van der Waals surface area contributed by atoms with Crippen LogP contribution in [-0.2, 0) is 0 Å². The van der Waals surface area contributed by atoms with Crippen LogP contribution < -0.4 is 11.3 Å². The Morgan fingerprint density at radius 1 is 1.00 bits per heavy atom. The van der Waals surface area contributed by atoms with Crippen molar-refractivity contribution >= 4 is 5.84 Å². The summed E-state index contributed by atoms with van der Waals surface area (Å²) in [5.41, 5.74) is 2.82. The van der Waals surface area contributed by atoms with E-state index in [-0.39, 0.29) is 0 Å². The summed E-state index contributed by atoms with van der Waals surface area (Å²) in [6.07, 6.45) is 10.4. The monoisotopic (exact) mass is 195 g/mol. The Hall–Kier alpha value is -0.570. The Kier molecular flexibility index (Phi) is 3.40. The Morgan fingerprint density at radius 2 is 1.57 bits per heavy atom. The minimum Gasteiger partial charge on any atom is -0.312 e. The molecule has 2 rings (SSSR count). The van der Waals surface area contributed by atoms with E-state index in [9.17, 15) is 0 Å². The number of hydrazine groups is 1. The Bertz CT molecular complexity index is 201. The third-order valence-corrected chi connectivity index (χ3v) is 3.54. The van der Waals surface area contributed by atoms with Gasteiger partial charge < -0.3 is 5.43 Å². The van der Waals surface area contributed by atoms with E-state index in [1.807, 2.05) is 0 Å². The molecule has 0 heterocycles. The molecule has 0 aromatic rings. The van der Waals surface area contributed by atoms with Gasteiger partial charge in [0.2, 0.25) is 0 Å². The average molecular weight is 195 g/mol. The first kappa shape index (κ1) is 9.97. The second-order valence-corrected chi connectivity index (χ2v) is 4.58. The lowest BCUT2D eigenvalue weighted by Gasteiger charge is -2.14. The molecule has 0 radical (unpaired) electrons. The van der Waals surface area contributed by atoms with Crippen molar-refractivity contribution in [1.82, 2.24) is 5.43 Å². The van der Waals surface area contributed by atoms with Crippen molar-refractivity contribution in [2.75, 3.05) is 0 Å². The van der Waals surface area contributed by atoms with Gasteiger partial charge in [-0.25, -0.2) is 5.84 Å². The zero-order valence-electron chi connectivity index (χ0n) is 8.84. The summed E-state index contributed by atoms with van der Waals surface area (Å²) >= 11 is 0. The first-order chi connectivity index (χ1) is 6.90. The van der Waals surface area contributed by atoms with E-state index in [1.54, 1.807) is 0 Å². The molecule has 0 aromatic heterocycles. The number of hydrogen-bond acceptors (Lipinski definition) is 2. The molecule has 0 atom stereocenters. The lowest BCUT2D eigenvalue weighted by molar-refractivity contribution is 0.647. The van der Waals surface area contributed by atoms with Gasteiger partial charge in [0.05, 0.1) is 6.04 Å². The number of nitrogens with two attached hydrogens (primary N) is 1. The van der Waals surface area contributed by atoms with Crippen molar-refractivity contribution in [3.63, 3.8) is 0 Å². The highest BCUT2D eigenvalue weighted by Crippen LogP contribution is 2.27. The molecule has 80 valence electrons. The molecule has 3 nitrogen and oxygen atoms in total. The topological polar surface area (TPSA) is 50.4 Å². The lowest BCUT2D eigenvalue weighted by Crippen LogP contribution is -2.36. The molecule has 0 aliphatic heterocycles. The SMILES string of the molecule is NNC(=NC1CCCC1)C1CCCC1. The maximum atomic E-state index is 5.55. The van der Waals surface area contributed by atoms with Gasteiger partial charge >= 0.3 is 0 Å². The highest BCUT2D eigenvalue weighted by Gasteiger charge is 2.22. The first-order valence-electron chi connectivity index (χ1n) is 5.94. The van der Waals surface area contributed by atoms with Gasteiger partial charge in [0.1, 0.15) is 5.84 Å². The van der Waals surface area contributed by atoms with Gasteiger partial charge in [-0.3, -0.25) is 4.99 Å². The second-order valence-electron chi connectivity index (χ2n) is 4.58. The molecule has 2 aliphatic rings. The van der Waals surface area contributed by atoms with E-state index in [0.717, 1.165) is 5.84 Å². The van der Waals surface area contributed by atoms with Crippen molar-refractivity contribution < 1.29 is 0 Å². The second kappa shape index (κ2) is 4.78. The fourth-order valence-corrected chi connectivity index (χ4v) is 2.69. The fourth-order valence-electron chi connectivity index (χ4n) is 2.69. The molecule has 14 heavy (non-hydrogen) atoms. The zero-order chi connectivity index (χ0) is 9.80. The number of amidine groups is 1. The number of nitrogens with one attached hydrogen (secondary N) is 1. The van der Waals surface area contributed by atoms with Gasteiger partial charge in [-0.1, -0.05) is 25.7 Å². The molecule has 2 fully saturated rings. The van der Waals surface area contributed by atoms with Crippen LogP contribution in [0.2, 0.25) is 0 Å². The van der Waals surface area contributed by atoms with Gasteiger partial charge in [0.25, 0.3) is 0 Å². The van der Waals surface area contributed by atoms with Crippen LogP contribution in [0.15, 0.2) is 4.99 Å². The molecule has 2 aliphatic carbocycles. The van der Waals surface area contributed by atoms with Gasteiger partial charge in [0, 0.05) is 5.92 Å². The van der Waals surface area contributed by atoms with Gasteiger partial charge in [-0.05, 0) is 25.7 Å². The van der Waals surface area contributed by atoms with Gasteiger partial charge in [-0.2, -0.15) is 0 Å². The number of rotatable bonds is 2. The van der Waals surface area contributed by atoms with Gasteiger partial charge in [0.15, 0.2) is 0 Å². The molecule has 0 spiro atoms. The molecule has 2 saturated carbocycles. The summed E-state index contributed by atoms with van der Waals surface area (Å²) in [6, 6.07) is 0.557. The van der Waals surface area contributed by atoms with Crippen molar-refractivity contribution in [3.8, 4) is 0 Å². The van der Waals surface area contributed by atoms with Crippen LogP contribution in [0.25, 0.3) is 0 Å². The highest BCUT2D eigenvalue weighted by atomic mass is 15.3. The number of aliphatic imine (C=N–C) groups is 1. The molecule has 0 aromatic carbocycles. The van der Waals surface area contributed by atoms with E-state index < -0.39 is 0 Å². The van der Waals surface area contributed by atoms with E-state index >= 15 is 0 Å². The number of hydrogen-bond donors (Lipinski definition) is 2. The molecule has 3 N–H and O–H groups in total. The van der Waals surface area contributed by atoms with Crippen LogP contribution in [0.1, 0.15) is 51.4 Å². The van der Waals surface area contributed by atoms with Crippen molar-refractivity contribution in [2.45, 2.75) is 57.4 Å². The first-order valence-corrected chi connectivity index (χ1v) is 5.94. The molecular weight excluding hydrogens is 174 g/mol. The predicted octanol–water partition coefficient (Wildman–Crippen LogP) is 1.98. The third kappa shape index (κ3) is 2.27. The van der Waals surface area contributed by atoms with Crippen LogP contribution in [0.5, 0.6) is 0 Å². The minimum atomic E-state index is 0.557. The van der Waals surface area contributed by atoms with Crippen LogP contribution in [0, 0.1) is 5.92 Å². The Morgan fingerprint density at radius 3 is 2.14 bits per heavy atom. The minimum absolute atomic E-state index is 0.557. The summed E-state index contributed by atoms with van der Waals surface area (Å²) < 4.78 is 0. The van der Waals surface area contributed by atoms with Gasteiger partial charge in [-0.15, -0.1) is 0 Å². The zero-order valence-corrected chi connectivity index (χ0v) is 8.84. The van der Waals surface area contributed by atoms with E-state index in [2.05, 4.69) is 5.43 Å². The fraction of sp³-hybridized carbons (Fsp3) is 0.909. The quantitative estimate of drug-likeness (QED) is 0.306. The van der Waals surface area contributed by atoms with Crippen molar-refractivity contribution in [2.24, 2.45) is 16.8 Å². The predicted molar refractivity (Wildman–Crippen MR) is 59.0 cm³/mol. The molecule has 0 unspecified atom stereocenters. The van der Waals surface area contributed by atoms with Crippen LogP contribution in [0.3, 0.4) is 0 Å². The Balaban J connectivity index is 1.95. The maximum Gasteiger partial charge on any atom is 0.114 e. The van der Waals surface area contributed by atoms with E-state index in [4.69, 9.17) is 10.8 Å². The van der Waals surface area contributed by atoms with Crippen molar-refractivity contribution in [1.29, 1.82) is 0 Å². The van der Waals surface area contributed by atoms with Crippen LogP contribution in [0.4, 0.5) is 0 Å². The highest BCUT2D eigenvalue weighted by molar-refractivity contribution is 5.84. The molecule has 0 amide bonds. The summed E-state index contributed by atoms with van der Waals surface area (Å²) in [7, 11) is 0. The summed E-state index contributed by atoms with van der Waals surface area (Å²) in [5, 5.41) is 0. The lowest BCUT2D eigenvalue weighted by atomic mass is 10.1. The summed E-state index contributed by atoms with van der Waals surface area (Å²) in [4.78, 5) is 4.76. The number of nitrogens with zero attached hydrogens (tertiary/aromatic N) is 1. The molecule has 3 heteroatoms. The largest absolute Gasteiger partial charge is 0.312 e. The van der Waals surface area contributed by atoms with Crippen molar-refractivity contribution in [3.05, 3.63) is 0 Å². The Labute approximate surface area is 86.1 Å². The molecule has 0 saturated heterocycles. The standard InChI is InChI=1S/C11H21N3/c12-14-11(9-5-1-2-6-9)13-10-7-3-4-8-10/h9-10H,1-8,12H2,(H,13,14). The van der Waals surface area contributed by atoms with Crippen LogP contribution in [-0.4, -0.2) is 11.9 Å². The molecule has 0 bridgehead atoms. The third-order valence-electron chi connectivity index (χ3n) is 3.54. The van der Waals surface area contributed by atoms with E-state index in [1.165, 1.54) is 51.4 Å². The summed E-state index contributed by atoms with van der Waals surface area (Å²) in [6.45, 7) is 0. The average Bonchev–Trinajstić information content (AvgIpc) is 2.86. The maximum absolute atomic E-state index is 5.55.